The average molecular weight is 575 g/mol. The molecule has 9 unspecified atom stereocenters. The number of nitrogens with zero attached hydrogens (tertiary/aromatic N) is 1. The highest BCUT2D eigenvalue weighted by Gasteiger charge is 2.69. The maximum atomic E-state index is 12.6. The van der Waals surface area contributed by atoms with E-state index in [1.165, 1.54) is 5.39 Å². The number of para-hydroxylation sites is 1. The Morgan fingerprint density at radius 3 is 2.76 bits per heavy atom. The molecule has 42 heavy (non-hydrogen) atoms. The number of hydrogen-bond donors (Lipinski definition) is 7. The van der Waals surface area contributed by atoms with E-state index in [9.17, 15) is 20.4 Å². The fourth-order valence-corrected chi connectivity index (χ4v) is 9.15. The molecule has 0 saturated heterocycles. The second kappa shape index (κ2) is 11.0. The molecule has 5 aliphatic carbocycles. The number of guanidine groups is 1. The van der Waals surface area contributed by atoms with E-state index in [4.69, 9.17) is 6.58 Å². The van der Waals surface area contributed by atoms with Gasteiger partial charge in [-0.1, -0.05) is 36.3 Å². The van der Waals surface area contributed by atoms with Gasteiger partial charge in [0.15, 0.2) is 5.96 Å². The van der Waals surface area contributed by atoms with Gasteiger partial charge in [0.25, 0.3) is 0 Å². The molecule has 4 bridgehead atoms. The molecule has 7 N–H and O–H groups in total. The van der Waals surface area contributed by atoms with Gasteiger partial charge < -0.3 is 36.0 Å². The lowest BCUT2D eigenvalue weighted by molar-refractivity contribution is -0.122. The third-order valence-electron chi connectivity index (χ3n) is 11.3. The second-order valence-corrected chi connectivity index (χ2v) is 13.5. The number of aromatic nitrogens is 1. The molecule has 9 atom stereocenters. The number of benzene rings is 1. The smallest absolute Gasteiger partial charge is 0.191 e. The van der Waals surface area contributed by atoms with Gasteiger partial charge in [0.1, 0.15) is 0 Å². The van der Waals surface area contributed by atoms with E-state index in [1.807, 2.05) is 19.1 Å². The molecule has 4 fully saturated rings. The molecule has 1 heterocycles. The van der Waals surface area contributed by atoms with E-state index in [0.29, 0.717) is 38.2 Å². The summed E-state index contributed by atoms with van der Waals surface area (Å²) in [5.41, 5.74) is 0.458. The number of fused-ring (bicyclic) bond motifs is 2. The normalized spacial score (nSPS) is 39.0. The van der Waals surface area contributed by atoms with E-state index in [1.54, 1.807) is 7.05 Å². The SMILES string of the molecule is C=C(Cc1cc2ccccc2[nH]1)C12CC#CC(NC(=NC)NCCCO)CC3(O)C(O)CC4C3C1CCC(C2)C4(C)O. The lowest BCUT2D eigenvalue weighted by Crippen LogP contribution is -2.55. The van der Waals surface area contributed by atoms with Crippen molar-refractivity contribution in [1.82, 2.24) is 15.6 Å². The third-order valence-corrected chi connectivity index (χ3v) is 11.3. The Hall–Kier alpha value is -2.83. The van der Waals surface area contributed by atoms with Gasteiger partial charge in [-0.2, -0.15) is 0 Å². The van der Waals surface area contributed by atoms with E-state index >= 15 is 0 Å². The van der Waals surface area contributed by atoms with E-state index in [-0.39, 0.29) is 36.7 Å². The van der Waals surface area contributed by atoms with Crippen molar-refractivity contribution >= 4 is 16.9 Å². The predicted molar refractivity (Wildman–Crippen MR) is 165 cm³/mol. The number of allylic oxidation sites excluding steroid dienone is 1. The maximum absolute atomic E-state index is 12.6. The van der Waals surface area contributed by atoms with E-state index in [0.717, 1.165) is 36.0 Å². The van der Waals surface area contributed by atoms with Crippen molar-refractivity contribution in [3.8, 4) is 11.8 Å². The largest absolute Gasteiger partial charge is 0.396 e. The number of aliphatic hydroxyl groups is 4. The van der Waals surface area contributed by atoms with Gasteiger partial charge in [0.2, 0.25) is 0 Å². The molecule has 0 amide bonds. The molecular weight excluding hydrogens is 528 g/mol. The first-order chi connectivity index (χ1) is 20.1. The van der Waals surface area contributed by atoms with Crippen molar-refractivity contribution < 1.29 is 20.4 Å². The van der Waals surface area contributed by atoms with E-state index in [2.05, 4.69) is 50.6 Å². The van der Waals surface area contributed by atoms with Crippen LogP contribution < -0.4 is 10.6 Å². The Labute approximate surface area is 248 Å². The predicted octanol–water partition coefficient (Wildman–Crippen LogP) is 2.88. The maximum Gasteiger partial charge on any atom is 0.191 e. The average Bonchev–Trinajstić information content (AvgIpc) is 3.45. The molecule has 7 rings (SSSR count). The molecule has 1 aromatic carbocycles. The minimum absolute atomic E-state index is 0.0433. The molecule has 4 saturated carbocycles. The Balaban J connectivity index is 1.40. The molecule has 8 nitrogen and oxygen atoms in total. The van der Waals surface area contributed by atoms with Crippen molar-refractivity contribution in [2.24, 2.45) is 34.1 Å². The summed E-state index contributed by atoms with van der Waals surface area (Å²) >= 11 is 0. The van der Waals surface area contributed by atoms with E-state index < -0.39 is 28.8 Å². The molecule has 1 aromatic heterocycles. The topological polar surface area (TPSA) is 133 Å². The monoisotopic (exact) mass is 574 g/mol. The van der Waals surface area contributed by atoms with Crippen molar-refractivity contribution in [3.05, 3.63) is 48.2 Å². The Morgan fingerprint density at radius 2 is 2.00 bits per heavy atom. The standard InChI is InChI=1S/C34H46N4O4/c1-21(16-25-17-22-8-4-5-10-28(22)37-25)33-13-6-9-24(38-31(35-3)36-14-7-15-39)20-34(42)29(40)18-27-30(34)26(33)12-11-23(19-33)32(27,2)41/h4-5,8,10,17,23-24,26-27,29-30,37,39-42H,1,7,11-16,18-20H2,2-3H3,(H2,35,36,38). The summed E-state index contributed by atoms with van der Waals surface area (Å²) in [5, 5.41) is 53.2. The highest BCUT2D eigenvalue weighted by molar-refractivity contribution is 5.81. The van der Waals surface area contributed by atoms with Crippen LogP contribution in [0, 0.1) is 40.9 Å². The highest BCUT2D eigenvalue weighted by Crippen LogP contribution is 2.67. The van der Waals surface area contributed by atoms with Crippen LogP contribution in [0.15, 0.2) is 47.5 Å². The molecule has 0 radical (unpaired) electrons. The van der Waals surface area contributed by atoms with Gasteiger partial charge in [-0.3, -0.25) is 4.99 Å². The molecule has 226 valence electrons. The lowest BCUT2D eigenvalue weighted by Gasteiger charge is -2.51. The number of aromatic amines is 1. The Kier molecular flexibility index (Phi) is 7.68. The number of H-pyrrole nitrogens is 1. The molecular formula is C34H46N4O4. The van der Waals surface area contributed by atoms with Crippen LogP contribution in [0.4, 0.5) is 0 Å². The Morgan fingerprint density at radius 1 is 1.19 bits per heavy atom. The number of nitrogens with one attached hydrogen (secondary N) is 3. The summed E-state index contributed by atoms with van der Waals surface area (Å²) in [6.45, 7) is 7.29. The first kappa shape index (κ1) is 29.3. The summed E-state index contributed by atoms with van der Waals surface area (Å²) in [5.74, 6) is 7.03. The number of aliphatic hydroxyl groups excluding tert-OH is 2. The number of hydrogen-bond acceptors (Lipinski definition) is 5. The van der Waals surface area contributed by atoms with Gasteiger partial charge in [0, 0.05) is 56.1 Å². The number of aliphatic imine (C=N–C) groups is 1. The van der Waals surface area contributed by atoms with Crippen LogP contribution in [0.25, 0.3) is 10.9 Å². The number of rotatable bonds is 7. The third kappa shape index (κ3) is 4.75. The minimum Gasteiger partial charge on any atom is -0.396 e. The Bertz CT molecular complexity index is 1390. The minimum atomic E-state index is -1.42. The van der Waals surface area contributed by atoms with Gasteiger partial charge in [-0.05, 0) is 80.2 Å². The summed E-state index contributed by atoms with van der Waals surface area (Å²) in [6, 6.07) is 10.0. The van der Waals surface area contributed by atoms with Crippen LogP contribution in [0.3, 0.4) is 0 Å². The van der Waals surface area contributed by atoms with Crippen LogP contribution >= 0.6 is 0 Å². The van der Waals surface area contributed by atoms with Crippen molar-refractivity contribution in [2.45, 2.75) is 81.6 Å². The zero-order chi connectivity index (χ0) is 29.7. The zero-order valence-corrected chi connectivity index (χ0v) is 24.9. The fourth-order valence-electron chi connectivity index (χ4n) is 9.15. The molecule has 0 spiro atoms. The van der Waals surface area contributed by atoms with Crippen LogP contribution in [-0.2, 0) is 6.42 Å². The van der Waals surface area contributed by atoms with Crippen LogP contribution in [0.2, 0.25) is 0 Å². The fraction of sp³-hybridized carbons (Fsp3) is 0.618. The molecule has 0 aliphatic heterocycles. The summed E-state index contributed by atoms with van der Waals surface area (Å²) in [7, 11) is 1.68. The first-order valence-electron chi connectivity index (χ1n) is 15.6. The highest BCUT2D eigenvalue weighted by atomic mass is 16.3. The first-order valence-corrected chi connectivity index (χ1v) is 15.6. The molecule has 8 heteroatoms. The van der Waals surface area contributed by atoms with Crippen molar-refractivity contribution in [3.63, 3.8) is 0 Å². The lowest BCUT2D eigenvalue weighted by atomic mass is 9.54. The van der Waals surface area contributed by atoms with Crippen LogP contribution in [-0.4, -0.2) is 74.9 Å². The van der Waals surface area contributed by atoms with Gasteiger partial charge >= 0.3 is 0 Å². The van der Waals surface area contributed by atoms with Crippen LogP contribution in [0.5, 0.6) is 0 Å². The quantitative estimate of drug-likeness (QED) is 0.0895. The van der Waals surface area contributed by atoms with Gasteiger partial charge in [0.05, 0.1) is 23.3 Å². The summed E-state index contributed by atoms with van der Waals surface area (Å²) < 4.78 is 0. The van der Waals surface area contributed by atoms with Gasteiger partial charge in [-0.25, -0.2) is 0 Å². The van der Waals surface area contributed by atoms with Crippen molar-refractivity contribution in [1.29, 1.82) is 0 Å². The summed E-state index contributed by atoms with van der Waals surface area (Å²) in [6.07, 6.45) is 4.02. The van der Waals surface area contributed by atoms with Gasteiger partial charge in [-0.15, -0.1) is 5.92 Å². The van der Waals surface area contributed by atoms with Crippen molar-refractivity contribution in [2.75, 3.05) is 20.2 Å². The summed E-state index contributed by atoms with van der Waals surface area (Å²) in [4.78, 5) is 7.90. The zero-order valence-electron chi connectivity index (χ0n) is 24.9. The second-order valence-electron chi connectivity index (χ2n) is 13.5. The van der Waals surface area contributed by atoms with Crippen LogP contribution in [0.1, 0.15) is 57.6 Å². The molecule has 2 aromatic rings. The molecule has 5 aliphatic rings.